The lowest BCUT2D eigenvalue weighted by Gasteiger charge is -2.23. The molecule has 4 heteroatoms. The van der Waals surface area contributed by atoms with E-state index in [1.54, 1.807) is 7.11 Å². The summed E-state index contributed by atoms with van der Waals surface area (Å²) in [7, 11) is 1.61. The lowest BCUT2D eigenvalue weighted by molar-refractivity contribution is -0.122. The highest BCUT2D eigenvalue weighted by Gasteiger charge is 2.14. The normalized spacial score (nSPS) is 18.5. The molecule has 1 rings (SSSR count). The Kier molecular flexibility index (Phi) is 4.78. The van der Waals surface area contributed by atoms with Crippen LogP contribution in [0.5, 0.6) is 0 Å². The number of carbonyl (C=O) groups is 1. The molecule has 0 spiro atoms. The van der Waals surface area contributed by atoms with Crippen LogP contribution in [0.4, 0.5) is 0 Å². The molecule has 1 saturated heterocycles. The minimum absolute atomic E-state index is 0.105. The van der Waals surface area contributed by atoms with Crippen LogP contribution in [0, 0.1) is 0 Å². The van der Waals surface area contributed by atoms with Crippen molar-refractivity contribution in [3.63, 3.8) is 0 Å². The summed E-state index contributed by atoms with van der Waals surface area (Å²) in [5.41, 5.74) is 0. The second-order valence-electron chi connectivity index (χ2n) is 3.33. The predicted octanol–water partition coefficient (Wildman–Crippen LogP) is -0.109. The highest BCUT2D eigenvalue weighted by Crippen LogP contribution is 2.01. The Morgan fingerprint density at radius 1 is 1.54 bits per heavy atom. The van der Waals surface area contributed by atoms with Gasteiger partial charge in [-0.25, -0.2) is 0 Å². The molecule has 76 valence electrons. The molecule has 1 aliphatic rings. The van der Waals surface area contributed by atoms with Gasteiger partial charge in [-0.3, -0.25) is 4.79 Å². The molecule has 13 heavy (non-hydrogen) atoms. The number of amides is 1. The van der Waals surface area contributed by atoms with E-state index in [1.165, 1.54) is 0 Å². The standard InChI is InChI=1S/C9H18N2O2/c1-13-7-4-9(12)11-8-2-5-10-6-3-8/h8,10H,2-7H2,1H3,(H,11,12). The summed E-state index contributed by atoms with van der Waals surface area (Å²) in [6.45, 7) is 2.53. The smallest absolute Gasteiger partial charge is 0.222 e. The average Bonchev–Trinajstić information content (AvgIpc) is 2.16. The molecule has 1 heterocycles. The van der Waals surface area contributed by atoms with Crippen molar-refractivity contribution in [1.29, 1.82) is 0 Å². The van der Waals surface area contributed by atoms with Crippen LogP contribution in [-0.4, -0.2) is 38.8 Å². The summed E-state index contributed by atoms with van der Waals surface area (Å²) in [5, 5.41) is 6.25. The van der Waals surface area contributed by atoms with Crippen LogP contribution in [0.25, 0.3) is 0 Å². The molecule has 0 aromatic rings. The van der Waals surface area contributed by atoms with E-state index in [1.807, 2.05) is 0 Å². The lowest BCUT2D eigenvalue weighted by atomic mass is 10.1. The van der Waals surface area contributed by atoms with E-state index in [4.69, 9.17) is 4.74 Å². The van der Waals surface area contributed by atoms with Crippen molar-refractivity contribution in [2.75, 3.05) is 26.8 Å². The maximum Gasteiger partial charge on any atom is 0.222 e. The van der Waals surface area contributed by atoms with Gasteiger partial charge < -0.3 is 15.4 Å². The van der Waals surface area contributed by atoms with E-state index in [0.717, 1.165) is 25.9 Å². The van der Waals surface area contributed by atoms with Crippen LogP contribution in [0.3, 0.4) is 0 Å². The molecule has 1 aliphatic heterocycles. The number of carbonyl (C=O) groups excluding carboxylic acids is 1. The first-order valence-electron chi connectivity index (χ1n) is 4.82. The fourth-order valence-corrected chi connectivity index (χ4v) is 1.46. The van der Waals surface area contributed by atoms with Gasteiger partial charge in [-0.15, -0.1) is 0 Å². The molecular weight excluding hydrogens is 168 g/mol. The summed E-state index contributed by atoms with van der Waals surface area (Å²) in [4.78, 5) is 11.3. The molecule has 0 aromatic carbocycles. The summed E-state index contributed by atoms with van der Waals surface area (Å²) in [5.74, 6) is 0.105. The van der Waals surface area contributed by atoms with Gasteiger partial charge in [0.2, 0.25) is 5.91 Å². The second kappa shape index (κ2) is 5.94. The van der Waals surface area contributed by atoms with Crippen molar-refractivity contribution in [3.8, 4) is 0 Å². The average molecular weight is 186 g/mol. The van der Waals surface area contributed by atoms with Gasteiger partial charge in [0, 0.05) is 19.6 Å². The molecule has 0 radical (unpaired) electrons. The van der Waals surface area contributed by atoms with E-state index in [-0.39, 0.29) is 5.91 Å². The Bertz CT molecular complexity index is 156. The van der Waals surface area contributed by atoms with Gasteiger partial charge in [0.25, 0.3) is 0 Å². The summed E-state index contributed by atoms with van der Waals surface area (Å²) >= 11 is 0. The highest BCUT2D eigenvalue weighted by atomic mass is 16.5. The third-order valence-corrected chi connectivity index (χ3v) is 2.24. The van der Waals surface area contributed by atoms with Crippen molar-refractivity contribution >= 4 is 5.91 Å². The maximum atomic E-state index is 11.3. The molecule has 0 unspecified atom stereocenters. The van der Waals surface area contributed by atoms with Crippen molar-refractivity contribution in [3.05, 3.63) is 0 Å². The Labute approximate surface area is 79.0 Å². The second-order valence-corrected chi connectivity index (χ2v) is 3.33. The molecule has 0 atom stereocenters. The Morgan fingerprint density at radius 2 is 2.23 bits per heavy atom. The van der Waals surface area contributed by atoms with E-state index < -0.39 is 0 Å². The molecule has 2 N–H and O–H groups in total. The predicted molar refractivity (Wildman–Crippen MR) is 50.5 cm³/mol. The zero-order valence-electron chi connectivity index (χ0n) is 8.14. The summed E-state index contributed by atoms with van der Waals surface area (Å²) in [6.07, 6.45) is 2.55. The number of hydrogen-bond donors (Lipinski definition) is 2. The van der Waals surface area contributed by atoms with Crippen LogP contribution in [0.1, 0.15) is 19.3 Å². The van der Waals surface area contributed by atoms with Gasteiger partial charge in [0.15, 0.2) is 0 Å². The van der Waals surface area contributed by atoms with E-state index >= 15 is 0 Å². The SMILES string of the molecule is COCCC(=O)NC1CCNCC1. The number of ether oxygens (including phenoxy) is 1. The van der Waals surface area contributed by atoms with Crippen LogP contribution in [-0.2, 0) is 9.53 Å². The van der Waals surface area contributed by atoms with Crippen LogP contribution >= 0.6 is 0 Å². The quantitative estimate of drug-likeness (QED) is 0.644. The molecule has 1 amide bonds. The zero-order valence-corrected chi connectivity index (χ0v) is 8.14. The van der Waals surface area contributed by atoms with Crippen LogP contribution in [0.2, 0.25) is 0 Å². The molecule has 1 fully saturated rings. The Hall–Kier alpha value is -0.610. The first-order chi connectivity index (χ1) is 6.33. The van der Waals surface area contributed by atoms with Gasteiger partial charge >= 0.3 is 0 Å². The van der Waals surface area contributed by atoms with Crippen LogP contribution in [0.15, 0.2) is 0 Å². The van der Waals surface area contributed by atoms with Gasteiger partial charge in [-0.1, -0.05) is 0 Å². The zero-order chi connectivity index (χ0) is 9.52. The van der Waals surface area contributed by atoms with E-state index in [9.17, 15) is 4.79 Å². The highest BCUT2D eigenvalue weighted by molar-refractivity contribution is 5.76. The lowest BCUT2D eigenvalue weighted by Crippen LogP contribution is -2.42. The number of hydrogen-bond acceptors (Lipinski definition) is 3. The Morgan fingerprint density at radius 3 is 2.85 bits per heavy atom. The number of nitrogens with one attached hydrogen (secondary N) is 2. The topological polar surface area (TPSA) is 50.4 Å². The largest absolute Gasteiger partial charge is 0.384 e. The van der Waals surface area contributed by atoms with Gasteiger partial charge in [0.05, 0.1) is 6.61 Å². The van der Waals surface area contributed by atoms with Crippen molar-refractivity contribution in [1.82, 2.24) is 10.6 Å². The van der Waals surface area contributed by atoms with E-state index in [2.05, 4.69) is 10.6 Å². The number of piperidine rings is 1. The van der Waals surface area contributed by atoms with Crippen molar-refractivity contribution in [2.24, 2.45) is 0 Å². The number of methoxy groups -OCH3 is 1. The first-order valence-corrected chi connectivity index (χ1v) is 4.82. The minimum Gasteiger partial charge on any atom is -0.384 e. The van der Waals surface area contributed by atoms with Crippen molar-refractivity contribution in [2.45, 2.75) is 25.3 Å². The minimum atomic E-state index is 0.105. The van der Waals surface area contributed by atoms with Crippen molar-refractivity contribution < 1.29 is 9.53 Å². The molecule has 0 aliphatic carbocycles. The van der Waals surface area contributed by atoms with Gasteiger partial charge in [-0.2, -0.15) is 0 Å². The molecule has 0 bridgehead atoms. The fraction of sp³-hybridized carbons (Fsp3) is 0.889. The van der Waals surface area contributed by atoms with Gasteiger partial charge in [-0.05, 0) is 25.9 Å². The summed E-state index contributed by atoms with van der Waals surface area (Å²) < 4.78 is 4.83. The third kappa shape index (κ3) is 4.24. The Balaban J connectivity index is 2.11. The monoisotopic (exact) mass is 186 g/mol. The summed E-state index contributed by atoms with van der Waals surface area (Å²) in [6, 6.07) is 0.366. The first kappa shape index (κ1) is 10.5. The number of rotatable bonds is 4. The molecule has 0 saturated carbocycles. The van der Waals surface area contributed by atoms with E-state index in [0.29, 0.717) is 19.1 Å². The van der Waals surface area contributed by atoms with Gasteiger partial charge in [0.1, 0.15) is 0 Å². The molecular formula is C9H18N2O2. The fourth-order valence-electron chi connectivity index (χ4n) is 1.46. The molecule has 4 nitrogen and oxygen atoms in total. The maximum absolute atomic E-state index is 11.3. The third-order valence-electron chi connectivity index (χ3n) is 2.24. The van der Waals surface area contributed by atoms with Crippen LogP contribution < -0.4 is 10.6 Å². The molecule has 0 aromatic heterocycles.